The first-order valence-corrected chi connectivity index (χ1v) is 8.85. The van der Waals surface area contributed by atoms with Crippen molar-refractivity contribution in [2.75, 3.05) is 18.5 Å². The number of nitrogens with one attached hydrogen (secondary N) is 1. The highest BCUT2D eigenvalue weighted by Crippen LogP contribution is 2.38. The van der Waals surface area contributed by atoms with Crippen molar-refractivity contribution >= 4 is 23.2 Å². The van der Waals surface area contributed by atoms with E-state index in [0.29, 0.717) is 47.0 Å². The number of aromatic nitrogens is 1. The fraction of sp³-hybridized carbons (Fsp3) is 0.421. The minimum Gasteiger partial charge on any atom is -0.490 e. The van der Waals surface area contributed by atoms with E-state index >= 15 is 0 Å². The summed E-state index contributed by atoms with van der Waals surface area (Å²) in [7, 11) is 0. The lowest BCUT2D eigenvalue weighted by Crippen LogP contribution is -2.14. The summed E-state index contributed by atoms with van der Waals surface area (Å²) in [6, 6.07) is 5.61. The second-order valence-electron chi connectivity index (χ2n) is 6.53. The molecule has 25 heavy (non-hydrogen) atoms. The second kappa shape index (κ2) is 7.00. The van der Waals surface area contributed by atoms with E-state index in [1.807, 2.05) is 19.9 Å². The standard InChI is InChI=1S/C19H23ClN2O3/c1-11(2)22-12(3)8-14(13(22)4)19(23)21-16-10-18-17(9-15(16)20)24-6-5-7-25-18/h8-11H,5-7H2,1-4H3,(H,21,23). The molecular weight excluding hydrogens is 340 g/mol. The molecule has 1 aliphatic rings. The van der Waals surface area contributed by atoms with Gasteiger partial charge in [-0.1, -0.05) is 11.6 Å². The molecule has 5 nitrogen and oxygen atoms in total. The van der Waals surface area contributed by atoms with Gasteiger partial charge in [-0.2, -0.15) is 0 Å². The summed E-state index contributed by atoms with van der Waals surface area (Å²) in [5.41, 5.74) is 3.16. The monoisotopic (exact) mass is 362 g/mol. The minimum atomic E-state index is -0.184. The number of carbonyl (C=O) groups excluding carboxylic acids is 1. The first kappa shape index (κ1) is 17.7. The van der Waals surface area contributed by atoms with Gasteiger partial charge in [-0.15, -0.1) is 0 Å². The molecule has 0 saturated heterocycles. The molecule has 3 rings (SSSR count). The number of hydrogen-bond donors (Lipinski definition) is 1. The van der Waals surface area contributed by atoms with Crippen LogP contribution in [0.15, 0.2) is 18.2 Å². The average molecular weight is 363 g/mol. The molecule has 1 aromatic carbocycles. The largest absolute Gasteiger partial charge is 0.490 e. The maximum Gasteiger partial charge on any atom is 0.257 e. The molecular formula is C19H23ClN2O3. The minimum absolute atomic E-state index is 0.184. The molecule has 1 N–H and O–H groups in total. The number of anilines is 1. The van der Waals surface area contributed by atoms with Crippen LogP contribution in [-0.4, -0.2) is 23.7 Å². The molecule has 1 aliphatic heterocycles. The van der Waals surface area contributed by atoms with Gasteiger partial charge in [0, 0.05) is 36.0 Å². The van der Waals surface area contributed by atoms with E-state index < -0.39 is 0 Å². The molecule has 0 fully saturated rings. The number of carbonyl (C=O) groups is 1. The van der Waals surface area contributed by atoms with E-state index in [1.54, 1.807) is 12.1 Å². The van der Waals surface area contributed by atoms with Gasteiger partial charge in [-0.25, -0.2) is 0 Å². The molecule has 2 aromatic rings. The van der Waals surface area contributed by atoms with Crippen LogP contribution < -0.4 is 14.8 Å². The van der Waals surface area contributed by atoms with Gasteiger partial charge in [-0.3, -0.25) is 4.79 Å². The normalized spacial score (nSPS) is 13.7. The number of amides is 1. The quantitative estimate of drug-likeness (QED) is 0.856. The van der Waals surface area contributed by atoms with Crippen molar-refractivity contribution in [2.24, 2.45) is 0 Å². The van der Waals surface area contributed by atoms with E-state index in [0.717, 1.165) is 17.8 Å². The second-order valence-corrected chi connectivity index (χ2v) is 6.94. The molecule has 0 radical (unpaired) electrons. The number of fused-ring (bicyclic) bond motifs is 1. The van der Waals surface area contributed by atoms with Gasteiger partial charge in [0.2, 0.25) is 0 Å². The lowest BCUT2D eigenvalue weighted by Gasteiger charge is -2.14. The molecule has 0 aliphatic carbocycles. The van der Waals surface area contributed by atoms with Crippen molar-refractivity contribution in [3.8, 4) is 11.5 Å². The zero-order valence-corrected chi connectivity index (χ0v) is 15.7. The van der Waals surface area contributed by atoms with E-state index in [1.165, 1.54) is 0 Å². The Labute approximate surface area is 152 Å². The van der Waals surface area contributed by atoms with Crippen molar-refractivity contribution in [1.29, 1.82) is 0 Å². The molecule has 1 amide bonds. The van der Waals surface area contributed by atoms with Crippen molar-refractivity contribution in [1.82, 2.24) is 4.57 Å². The molecule has 0 saturated carbocycles. The van der Waals surface area contributed by atoms with Crippen LogP contribution in [0.4, 0.5) is 5.69 Å². The van der Waals surface area contributed by atoms with Gasteiger partial charge >= 0.3 is 0 Å². The predicted molar refractivity (Wildman–Crippen MR) is 99.3 cm³/mol. The molecule has 0 spiro atoms. The van der Waals surface area contributed by atoms with Crippen molar-refractivity contribution in [3.05, 3.63) is 40.2 Å². The number of nitrogens with zero attached hydrogens (tertiary/aromatic N) is 1. The zero-order valence-electron chi connectivity index (χ0n) is 15.0. The van der Waals surface area contributed by atoms with E-state index in [-0.39, 0.29) is 5.91 Å². The average Bonchev–Trinajstić information content (AvgIpc) is 2.70. The Morgan fingerprint density at radius 3 is 2.40 bits per heavy atom. The molecule has 0 unspecified atom stereocenters. The highest BCUT2D eigenvalue weighted by Gasteiger charge is 2.20. The van der Waals surface area contributed by atoms with Crippen LogP contribution >= 0.6 is 11.6 Å². The number of halogens is 1. The summed E-state index contributed by atoms with van der Waals surface area (Å²) in [6.45, 7) is 9.33. The van der Waals surface area contributed by atoms with Gasteiger partial charge in [0.15, 0.2) is 11.5 Å². The first-order valence-electron chi connectivity index (χ1n) is 8.47. The Morgan fingerprint density at radius 1 is 1.16 bits per heavy atom. The summed E-state index contributed by atoms with van der Waals surface area (Å²) in [4.78, 5) is 12.8. The Balaban J connectivity index is 1.89. The summed E-state index contributed by atoms with van der Waals surface area (Å²) < 4.78 is 13.4. The van der Waals surface area contributed by atoms with Gasteiger partial charge in [0.25, 0.3) is 5.91 Å². The van der Waals surface area contributed by atoms with E-state index in [2.05, 4.69) is 23.7 Å². The third-order valence-corrected chi connectivity index (χ3v) is 4.64. The van der Waals surface area contributed by atoms with Crippen molar-refractivity contribution < 1.29 is 14.3 Å². The van der Waals surface area contributed by atoms with Crippen LogP contribution in [0.3, 0.4) is 0 Å². The predicted octanol–water partition coefficient (Wildman–Crippen LogP) is 4.75. The van der Waals surface area contributed by atoms with Crippen LogP contribution in [-0.2, 0) is 0 Å². The number of ether oxygens (including phenoxy) is 2. The Morgan fingerprint density at radius 2 is 1.80 bits per heavy atom. The summed E-state index contributed by atoms with van der Waals surface area (Å²) in [5, 5.41) is 3.32. The molecule has 0 bridgehead atoms. The topological polar surface area (TPSA) is 52.5 Å². The zero-order chi connectivity index (χ0) is 18.1. The molecule has 0 atom stereocenters. The van der Waals surface area contributed by atoms with Crippen LogP contribution in [0, 0.1) is 13.8 Å². The number of rotatable bonds is 3. The van der Waals surface area contributed by atoms with Gasteiger partial charge in [0.1, 0.15) is 0 Å². The molecule has 134 valence electrons. The smallest absolute Gasteiger partial charge is 0.257 e. The number of hydrogen-bond acceptors (Lipinski definition) is 3. The van der Waals surface area contributed by atoms with E-state index in [4.69, 9.17) is 21.1 Å². The van der Waals surface area contributed by atoms with E-state index in [9.17, 15) is 4.79 Å². The highest BCUT2D eigenvalue weighted by atomic mass is 35.5. The van der Waals surface area contributed by atoms with Gasteiger partial charge in [0.05, 0.1) is 29.5 Å². The van der Waals surface area contributed by atoms with Crippen molar-refractivity contribution in [3.63, 3.8) is 0 Å². The van der Waals surface area contributed by atoms with Crippen molar-refractivity contribution in [2.45, 2.75) is 40.2 Å². The van der Waals surface area contributed by atoms with Crippen LogP contribution in [0.5, 0.6) is 11.5 Å². The first-order chi connectivity index (χ1) is 11.9. The maximum absolute atomic E-state index is 12.8. The van der Waals surface area contributed by atoms with Gasteiger partial charge in [-0.05, 0) is 33.8 Å². The Kier molecular flexibility index (Phi) is 4.95. The SMILES string of the molecule is Cc1cc(C(=O)Nc2cc3c(cc2Cl)OCCCO3)c(C)n1C(C)C. The molecule has 6 heteroatoms. The van der Waals surface area contributed by atoms with Crippen LogP contribution in [0.1, 0.15) is 48.1 Å². The third kappa shape index (κ3) is 3.47. The lowest BCUT2D eigenvalue weighted by molar-refractivity contribution is 0.102. The third-order valence-electron chi connectivity index (χ3n) is 4.33. The fourth-order valence-electron chi connectivity index (χ4n) is 3.27. The maximum atomic E-state index is 12.8. The van der Waals surface area contributed by atoms with Crippen LogP contribution in [0.25, 0.3) is 0 Å². The fourth-order valence-corrected chi connectivity index (χ4v) is 3.47. The summed E-state index contributed by atoms with van der Waals surface area (Å²) in [6.07, 6.45) is 0.815. The number of aryl methyl sites for hydroxylation is 1. The lowest BCUT2D eigenvalue weighted by atomic mass is 10.2. The van der Waals surface area contributed by atoms with Crippen LogP contribution in [0.2, 0.25) is 5.02 Å². The molecule has 1 aromatic heterocycles. The summed E-state index contributed by atoms with van der Waals surface area (Å²) in [5.74, 6) is 1.03. The summed E-state index contributed by atoms with van der Waals surface area (Å²) >= 11 is 6.32. The Hall–Kier alpha value is -2.14. The number of benzene rings is 1. The highest BCUT2D eigenvalue weighted by molar-refractivity contribution is 6.34. The van der Waals surface area contributed by atoms with Gasteiger partial charge < -0.3 is 19.4 Å². The Bertz CT molecular complexity index is 811. The molecule has 2 heterocycles.